The van der Waals surface area contributed by atoms with E-state index in [-0.39, 0.29) is 0 Å². The summed E-state index contributed by atoms with van der Waals surface area (Å²) in [5, 5.41) is 9.99. The van der Waals surface area contributed by atoms with Crippen molar-refractivity contribution in [3.8, 4) is 0 Å². The van der Waals surface area contributed by atoms with Gasteiger partial charge in [0.1, 0.15) is 5.82 Å². The van der Waals surface area contributed by atoms with Crippen LogP contribution in [0.4, 0.5) is 5.69 Å². The Morgan fingerprint density at radius 3 is 2.67 bits per heavy atom. The van der Waals surface area contributed by atoms with Crippen LogP contribution in [-0.2, 0) is 6.42 Å². The number of aromatic nitrogens is 3. The Hall–Kier alpha value is -1.49. The molecule has 0 aliphatic heterocycles. The number of nitrogens with zero attached hydrogens (tertiary/aromatic N) is 3. The second-order valence-corrected chi connectivity index (χ2v) is 7.08. The van der Waals surface area contributed by atoms with E-state index in [9.17, 15) is 0 Å². The van der Waals surface area contributed by atoms with Gasteiger partial charge in [-0.3, -0.25) is 0 Å². The second-order valence-electron chi connectivity index (χ2n) is 6.01. The summed E-state index contributed by atoms with van der Waals surface area (Å²) < 4.78 is 2.41. The molecule has 2 aliphatic carbocycles. The van der Waals surface area contributed by atoms with E-state index >= 15 is 0 Å². The predicted molar refractivity (Wildman–Crippen MR) is 85.6 cm³/mol. The van der Waals surface area contributed by atoms with E-state index in [1.165, 1.54) is 37.1 Å². The number of thioether (sulfide) groups is 1. The molecule has 0 radical (unpaired) electrons. The number of aryl methyl sites for hydroxylation is 1. The molecule has 0 unspecified atom stereocenters. The van der Waals surface area contributed by atoms with E-state index < -0.39 is 0 Å². The third kappa shape index (κ3) is 2.79. The van der Waals surface area contributed by atoms with Crippen molar-refractivity contribution in [1.29, 1.82) is 0 Å². The lowest BCUT2D eigenvalue weighted by Gasteiger charge is -2.08. The molecule has 2 aromatic rings. The Morgan fingerprint density at radius 2 is 1.95 bits per heavy atom. The molecule has 2 N–H and O–H groups in total. The minimum Gasteiger partial charge on any atom is -0.399 e. The fraction of sp³-hybridized carbons (Fsp3) is 0.500. The van der Waals surface area contributed by atoms with Crippen LogP contribution in [-0.4, -0.2) is 20.5 Å². The smallest absolute Gasteiger partial charge is 0.191 e. The quantitative estimate of drug-likeness (QED) is 0.656. The third-order valence-corrected chi connectivity index (χ3v) is 5.15. The Balaban J connectivity index is 1.44. The number of nitrogens with two attached hydrogens (primary N) is 1. The third-order valence-electron chi connectivity index (χ3n) is 4.20. The Bertz CT molecular complexity index is 643. The normalized spacial score (nSPS) is 18.1. The van der Waals surface area contributed by atoms with Gasteiger partial charge >= 0.3 is 0 Å². The molecule has 1 heterocycles. The van der Waals surface area contributed by atoms with Crippen LogP contribution in [0.2, 0.25) is 0 Å². The van der Waals surface area contributed by atoms with Crippen LogP contribution in [0.25, 0.3) is 0 Å². The standard InChI is InChI=1S/C16H20N4S/c17-14-4-2-1-3-11(14)9-10-21-16-19-18-15(12-5-6-12)20(16)13-7-8-13/h1-4,12-13H,5-10,17H2. The molecule has 0 bridgehead atoms. The van der Waals surface area contributed by atoms with Crippen LogP contribution in [0, 0.1) is 0 Å². The van der Waals surface area contributed by atoms with Gasteiger partial charge in [0.2, 0.25) is 0 Å². The number of para-hydroxylation sites is 1. The summed E-state index contributed by atoms with van der Waals surface area (Å²) in [6.45, 7) is 0. The minimum atomic E-state index is 0.667. The fourth-order valence-electron chi connectivity index (χ4n) is 2.70. The summed E-state index contributed by atoms with van der Waals surface area (Å²) >= 11 is 1.82. The molecule has 4 rings (SSSR count). The van der Waals surface area contributed by atoms with Crippen LogP contribution in [0.15, 0.2) is 29.4 Å². The van der Waals surface area contributed by atoms with E-state index in [2.05, 4.69) is 20.8 Å². The highest BCUT2D eigenvalue weighted by molar-refractivity contribution is 7.99. The van der Waals surface area contributed by atoms with Gasteiger partial charge in [0.05, 0.1) is 0 Å². The number of nitrogen functional groups attached to an aromatic ring is 1. The first-order valence-corrected chi connectivity index (χ1v) is 8.72. The largest absolute Gasteiger partial charge is 0.399 e. The molecule has 0 atom stereocenters. The Labute approximate surface area is 129 Å². The van der Waals surface area contributed by atoms with E-state index in [1.54, 1.807) is 0 Å². The molecule has 2 fully saturated rings. The van der Waals surface area contributed by atoms with Gasteiger partial charge in [-0.1, -0.05) is 30.0 Å². The summed E-state index contributed by atoms with van der Waals surface area (Å²) in [5.74, 6) is 2.92. The van der Waals surface area contributed by atoms with Gasteiger partial charge in [-0.2, -0.15) is 0 Å². The molecule has 5 heteroatoms. The minimum absolute atomic E-state index is 0.667. The number of benzene rings is 1. The van der Waals surface area contributed by atoms with Crippen molar-refractivity contribution < 1.29 is 0 Å². The summed E-state index contributed by atoms with van der Waals surface area (Å²) in [5.41, 5.74) is 8.11. The van der Waals surface area contributed by atoms with E-state index in [0.29, 0.717) is 12.0 Å². The topological polar surface area (TPSA) is 56.7 Å². The first kappa shape index (κ1) is 13.2. The number of hydrogen-bond acceptors (Lipinski definition) is 4. The lowest BCUT2D eigenvalue weighted by molar-refractivity contribution is 0.627. The molecule has 0 saturated heterocycles. The fourth-order valence-corrected chi connectivity index (χ4v) is 3.68. The average molecular weight is 300 g/mol. The molecule has 110 valence electrons. The zero-order chi connectivity index (χ0) is 14.2. The molecule has 4 nitrogen and oxygen atoms in total. The average Bonchev–Trinajstić information content (AvgIpc) is 3.40. The predicted octanol–water partition coefficient (Wildman–Crippen LogP) is 3.41. The first-order chi connectivity index (χ1) is 10.3. The van der Waals surface area contributed by atoms with Crippen molar-refractivity contribution >= 4 is 17.4 Å². The van der Waals surface area contributed by atoms with Crippen LogP contribution in [0.5, 0.6) is 0 Å². The molecule has 0 amide bonds. The Morgan fingerprint density at radius 1 is 1.14 bits per heavy atom. The maximum absolute atomic E-state index is 6.00. The van der Waals surface area contributed by atoms with Crippen molar-refractivity contribution in [2.45, 2.75) is 49.2 Å². The molecule has 2 aliphatic rings. The van der Waals surface area contributed by atoms with Gasteiger partial charge < -0.3 is 10.3 Å². The molecule has 1 aromatic heterocycles. The summed E-state index contributed by atoms with van der Waals surface area (Å²) in [6.07, 6.45) is 6.13. The highest BCUT2D eigenvalue weighted by atomic mass is 32.2. The molecule has 21 heavy (non-hydrogen) atoms. The Kier molecular flexibility index (Phi) is 3.37. The van der Waals surface area contributed by atoms with E-state index in [0.717, 1.165) is 23.0 Å². The molecular weight excluding hydrogens is 280 g/mol. The highest BCUT2D eigenvalue weighted by Gasteiger charge is 2.36. The molecule has 0 spiro atoms. The molecular formula is C16H20N4S. The zero-order valence-corrected chi connectivity index (χ0v) is 12.9. The van der Waals surface area contributed by atoms with Crippen LogP contribution < -0.4 is 5.73 Å². The molecule has 1 aromatic carbocycles. The van der Waals surface area contributed by atoms with Gasteiger partial charge in [-0.15, -0.1) is 10.2 Å². The van der Waals surface area contributed by atoms with Crippen molar-refractivity contribution in [3.63, 3.8) is 0 Å². The van der Waals surface area contributed by atoms with Crippen LogP contribution in [0.3, 0.4) is 0 Å². The van der Waals surface area contributed by atoms with Crippen molar-refractivity contribution in [2.75, 3.05) is 11.5 Å². The van der Waals surface area contributed by atoms with Crippen LogP contribution >= 0.6 is 11.8 Å². The number of hydrogen-bond donors (Lipinski definition) is 1. The lowest BCUT2D eigenvalue weighted by atomic mass is 10.1. The van der Waals surface area contributed by atoms with E-state index in [1.807, 2.05) is 30.0 Å². The molecule has 2 saturated carbocycles. The van der Waals surface area contributed by atoms with E-state index in [4.69, 9.17) is 5.73 Å². The first-order valence-electron chi connectivity index (χ1n) is 7.74. The maximum Gasteiger partial charge on any atom is 0.191 e. The van der Waals surface area contributed by atoms with Gasteiger partial charge in [0.15, 0.2) is 5.16 Å². The lowest BCUT2D eigenvalue weighted by Crippen LogP contribution is -2.03. The van der Waals surface area contributed by atoms with Gasteiger partial charge in [0, 0.05) is 23.4 Å². The van der Waals surface area contributed by atoms with Crippen molar-refractivity contribution in [1.82, 2.24) is 14.8 Å². The van der Waals surface area contributed by atoms with Crippen LogP contribution in [0.1, 0.15) is 49.0 Å². The highest BCUT2D eigenvalue weighted by Crippen LogP contribution is 2.46. The summed E-state index contributed by atoms with van der Waals surface area (Å²) in [7, 11) is 0. The van der Waals surface area contributed by atoms with Gasteiger partial charge in [-0.25, -0.2) is 0 Å². The van der Waals surface area contributed by atoms with Crippen molar-refractivity contribution in [2.24, 2.45) is 0 Å². The summed E-state index contributed by atoms with van der Waals surface area (Å²) in [6, 6.07) is 8.78. The van der Waals surface area contributed by atoms with Crippen molar-refractivity contribution in [3.05, 3.63) is 35.7 Å². The monoisotopic (exact) mass is 300 g/mol. The number of rotatable bonds is 6. The zero-order valence-electron chi connectivity index (χ0n) is 12.0. The second kappa shape index (κ2) is 5.37. The van der Waals surface area contributed by atoms with Gasteiger partial charge in [-0.05, 0) is 43.7 Å². The SMILES string of the molecule is Nc1ccccc1CCSc1nnc(C2CC2)n1C1CC1. The van der Waals surface area contributed by atoms with Gasteiger partial charge in [0.25, 0.3) is 0 Å². The number of anilines is 1. The summed E-state index contributed by atoms with van der Waals surface area (Å²) in [4.78, 5) is 0. The maximum atomic E-state index is 6.00.